The van der Waals surface area contributed by atoms with Crippen LogP contribution in [0.5, 0.6) is 5.88 Å². The van der Waals surface area contributed by atoms with E-state index in [1.165, 1.54) is 11.8 Å². The third kappa shape index (κ3) is 3.75. The minimum Gasteiger partial charge on any atom is -0.473 e. The summed E-state index contributed by atoms with van der Waals surface area (Å²) >= 11 is 1.08. The summed E-state index contributed by atoms with van der Waals surface area (Å²) in [6.45, 7) is 5.35. The summed E-state index contributed by atoms with van der Waals surface area (Å²) in [5, 5.41) is 17.4. The summed E-state index contributed by atoms with van der Waals surface area (Å²) in [5.41, 5.74) is 3.32. The van der Waals surface area contributed by atoms with Crippen LogP contribution in [0.3, 0.4) is 0 Å². The topological polar surface area (TPSA) is 85.1 Å². The molecule has 1 unspecified atom stereocenters. The number of aliphatic hydroxyl groups excluding tert-OH is 1. The van der Waals surface area contributed by atoms with Crippen molar-refractivity contribution in [3.8, 4) is 5.88 Å². The minimum atomic E-state index is -0.589. The Kier molecular flexibility index (Phi) is 5.05. The fourth-order valence-electron chi connectivity index (χ4n) is 1.90. The van der Waals surface area contributed by atoms with E-state index in [1.807, 2.05) is 25.6 Å². The molecule has 2 rings (SSSR count). The van der Waals surface area contributed by atoms with Gasteiger partial charge in [0, 0.05) is 31.4 Å². The molecule has 0 fully saturated rings. The van der Waals surface area contributed by atoms with E-state index in [0.29, 0.717) is 19.0 Å². The molecule has 20 heavy (non-hydrogen) atoms. The molecule has 2 aromatic rings. The summed E-state index contributed by atoms with van der Waals surface area (Å²) in [7, 11) is 1.93. The molecule has 0 radical (unpaired) electrons. The Morgan fingerprint density at radius 1 is 1.50 bits per heavy atom. The van der Waals surface area contributed by atoms with Crippen LogP contribution < -0.4 is 10.1 Å². The van der Waals surface area contributed by atoms with Gasteiger partial charge in [-0.3, -0.25) is 4.68 Å². The Morgan fingerprint density at radius 3 is 2.90 bits per heavy atom. The van der Waals surface area contributed by atoms with Crippen molar-refractivity contribution in [1.29, 1.82) is 0 Å². The third-order valence-corrected chi connectivity index (χ3v) is 3.57. The van der Waals surface area contributed by atoms with Gasteiger partial charge in [-0.15, -0.1) is 4.37 Å². The fourth-order valence-corrected chi connectivity index (χ4v) is 2.26. The molecule has 2 N–H and O–H groups in total. The Morgan fingerprint density at radius 2 is 2.30 bits per heavy atom. The predicted molar refractivity (Wildman–Crippen MR) is 75.8 cm³/mol. The highest BCUT2D eigenvalue weighted by atomic mass is 32.1. The highest BCUT2D eigenvalue weighted by Crippen LogP contribution is 2.11. The minimum absolute atomic E-state index is 0.198. The van der Waals surface area contributed by atoms with Gasteiger partial charge in [0.2, 0.25) is 5.88 Å². The maximum atomic E-state index is 9.82. The largest absolute Gasteiger partial charge is 0.473 e. The molecule has 7 nitrogen and oxygen atoms in total. The number of aryl methyl sites for hydroxylation is 2. The molecular weight excluding hydrogens is 278 g/mol. The Labute approximate surface area is 121 Å². The van der Waals surface area contributed by atoms with Crippen molar-refractivity contribution >= 4 is 11.7 Å². The summed E-state index contributed by atoms with van der Waals surface area (Å²) in [4.78, 5) is 0. The summed E-state index contributed by atoms with van der Waals surface area (Å²) < 4.78 is 14.9. The number of ether oxygens (including phenoxy) is 1. The first-order chi connectivity index (χ1) is 9.58. The smallest absolute Gasteiger partial charge is 0.245 e. The molecule has 0 aliphatic heterocycles. The first-order valence-corrected chi connectivity index (χ1v) is 7.09. The molecular formula is C12H19N5O2S. The number of hydrogen-bond acceptors (Lipinski definition) is 7. The second kappa shape index (κ2) is 6.78. The van der Waals surface area contributed by atoms with Crippen LogP contribution in [0.25, 0.3) is 0 Å². The number of nitrogens with zero attached hydrogens (tertiary/aromatic N) is 4. The van der Waals surface area contributed by atoms with Crippen LogP contribution in [0, 0.1) is 13.8 Å². The van der Waals surface area contributed by atoms with E-state index in [2.05, 4.69) is 19.2 Å². The predicted octanol–water partition coefficient (Wildman–Crippen LogP) is 0.418. The highest BCUT2D eigenvalue weighted by molar-refractivity contribution is 6.99. The molecule has 1 atom stereocenters. The zero-order valence-corrected chi connectivity index (χ0v) is 12.6. The van der Waals surface area contributed by atoms with E-state index in [0.717, 1.165) is 23.1 Å². The second-order valence-corrected chi connectivity index (χ2v) is 5.17. The second-order valence-electron chi connectivity index (χ2n) is 4.61. The van der Waals surface area contributed by atoms with Crippen molar-refractivity contribution in [2.75, 3.05) is 13.2 Å². The van der Waals surface area contributed by atoms with Crippen molar-refractivity contribution < 1.29 is 9.84 Å². The zero-order chi connectivity index (χ0) is 14.5. The van der Waals surface area contributed by atoms with Crippen LogP contribution in [0.2, 0.25) is 0 Å². The van der Waals surface area contributed by atoms with E-state index in [4.69, 9.17) is 4.74 Å². The molecule has 0 saturated carbocycles. The van der Waals surface area contributed by atoms with Gasteiger partial charge in [-0.25, -0.2) is 0 Å². The first-order valence-electron chi connectivity index (χ1n) is 6.36. The van der Waals surface area contributed by atoms with Gasteiger partial charge in [-0.05, 0) is 13.8 Å². The van der Waals surface area contributed by atoms with Crippen molar-refractivity contribution in [2.45, 2.75) is 26.5 Å². The van der Waals surface area contributed by atoms with Gasteiger partial charge in [0.05, 0.1) is 17.4 Å². The maximum Gasteiger partial charge on any atom is 0.245 e. The Balaban J connectivity index is 1.72. The molecule has 2 aromatic heterocycles. The van der Waals surface area contributed by atoms with E-state index >= 15 is 0 Å². The van der Waals surface area contributed by atoms with Gasteiger partial charge in [0.1, 0.15) is 18.9 Å². The molecule has 0 bridgehead atoms. The average Bonchev–Trinajstić information content (AvgIpc) is 3.00. The normalized spacial score (nSPS) is 12.6. The molecule has 0 spiro atoms. The lowest BCUT2D eigenvalue weighted by molar-refractivity contribution is 0.104. The van der Waals surface area contributed by atoms with Gasteiger partial charge in [-0.2, -0.15) is 9.47 Å². The SMILES string of the molecule is Cc1nn(C)c(C)c1CNCC(O)COc1cnsn1. The number of rotatable bonds is 7. The van der Waals surface area contributed by atoms with Crippen LogP contribution in [0.4, 0.5) is 0 Å². The fraction of sp³-hybridized carbons (Fsp3) is 0.583. The molecule has 0 aliphatic carbocycles. The summed E-state index contributed by atoms with van der Waals surface area (Å²) in [6.07, 6.45) is 0.946. The molecule has 2 heterocycles. The quantitative estimate of drug-likeness (QED) is 0.770. The molecule has 8 heteroatoms. The average molecular weight is 297 g/mol. The number of hydrogen-bond donors (Lipinski definition) is 2. The van der Waals surface area contributed by atoms with Crippen molar-refractivity contribution in [2.24, 2.45) is 7.05 Å². The van der Waals surface area contributed by atoms with Gasteiger partial charge < -0.3 is 15.2 Å². The van der Waals surface area contributed by atoms with Crippen LogP contribution in [0.15, 0.2) is 6.20 Å². The number of aromatic nitrogens is 4. The number of aliphatic hydroxyl groups is 1. The molecule has 0 aliphatic rings. The Hall–Kier alpha value is -1.51. The highest BCUT2D eigenvalue weighted by Gasteiger charge is 2.10. The van der Waals surface area contributed by atoms with Crippen LogP contribution in [0.1, 0.15) is 17.0 Å². The van der Waals surface area contributed by atoms with E-state index in [1.54, 1.807) is 0 Å². The first kappa shape index (κ1) is 14.9. The van der Waals surface area contributed by atoms with Crippen molar-refractivity contribution in [3.63, 3.8) is 0 Å². The molecule has 0 aromatic carbocycles. The van der Waals surface area contributed by atoms with Gasteiger partial charge in [-0.1, -0.05) is 0 Å². The third-order valence-electron chi connectivity index (χ3n) is 3.11. The van der Waals surface area contributed by atoms with Gasteiger partial charge in [0.15, 0.2) is 0 Å². The van der Waals surface area contributed by atoms with E-state index in [-0.39, 0.29) is 6.61 Å². The number of nitrogens with one attached hydrogen (secondary N) is 1. The van der Waals surface area contributed by atoms with Crippen LogP contribution in [-0.4, -0.2) is 42.9 Å². The van der Waals surface area contributed by atoms with E-state index < -0.39 is 6.10 Å². The monoisotopic (exact) mass is 297 g/mol. The van der Waals surface area contributed by atoms with Crippen LogP contribution in [-0.2, 0) is 13.6 Å². The molecule has 0 saturated heterocycles. The maximum absolute atomic E-state index is 9.82. The van der Waals surface area contributed by atoms with Gasteiger partial charge in [0.25, 0.3) is 0 Å². The standard InChI is InChI=1S/C12H19N5O2S/c1-8-11(9(2)17(3)15-8)5-13-4-10(18)7-19-12-6-14-20-16-12/h6,10,13,18H,4-5,7H2,1-3H3. The van der Waals surface area contributed by atoms with Gasteiger partial charge >= 0.3 is 0 Å². The lowest BCUT2D eigenvalue weighted by atomic mass is 10.2. The Bertz CT molecular complexity index is 540. The van der Waals surface area contributed by atoms with Crippen molar-refractivity contribution in [1.82, 2.24) is 23.8 Å². The lowest BCUT2D eigenvalue weighted by Crippen LogP contribution is -2.31. The summed E-state index contributed by atoms with van der Waals surface area (Å²) in [6, 6.07) is 0. The summed E-state index contributed by atoms with van der Waals surface area (Å²) in [5.74, 6) is 0.452. The molecule has 110 valence electrons. The van der Waals surface area contributed by atoms with Crippen LogP contribution >= 0.6 is 11.7 Å². The lowest BCUT2D eigenvalue weighted by Gasteiger charge is -2.12. The van der Waals surface area contributed by atoms with E-state index in [9.17, 15) is 5.11 Å². The zero-order valence-electron chi connectivity index (χ0n) is 11.8. The van der Waals surface area contributed by atoms with Crippen molar-refractivity contribution in [3.05, 3.63) is 23.1 Å². The molecule has 0 amide bonds.